The highest BCUT2D eigenvalue weighted by Crippen LogP contribution is 2.32. The Morgan fingerprint density at radius 1 is 1.50 bits per heavy atom. The summed E-state index contributed by atoms with van der Waals surface area (Å²) >= 11 is 1.32. The highest BCUT2D eigenvalue weighted by atomic mass is 32.2. The molecule has 9 heteroatoms. The smallest absolute Gasteiger partial charge is 0.410 e. The fourth-order valence-electron chi connectivity index (χ4n) is 2.78. The van der Waals surface area contributed by atoms with Crippen LogP contribution >= 0.6 is 11.8 Å². The average molecular weight is 325 g/mol. The van der Waals surface area contributed by atoms with Crippen LogP contribution in [0.4, 0.5) is 4.79 Å². The van der Waals surface area contributed by atoms with Gasteiger partial charge in [-0.1, -0.05) is 18.7 Å². The van der Waals surface area contributed by atoms with E-state index in [0.717, 1.165) is 12.2 Å². The monoisotopic (exact) mass is 325 g/mol. The number of ether oxygens (including phenoxy) is 1. The Balaban J connectivity index is 1.52. The van der Waals surface area contributed by atoms with E-state index in [-0.39, 0.29) is 12.0 Å². The van der Waals surface area contributed by atoms with Crippen molar-refractivity contribution in [1.29, 1.82) is 0 Å². The lowest BCUT2D eigenvalue weighted by molar-refractivity contribution is -0.128. The zero-order valence-electron chi connectivity index (χ0n) is 12.7. The highest BCUT2D eigenvalue weighted by molar-refractivity contribution is 7.99. The number of H-pyrrole nitrogens is 1. The molecule has 2 saturated heterocycles. The third-order valence-electron chi connectivity index (χ3n) is 3.98. The van der Waals surface area contributed by atoms with E-state index in [4.69, 9.17) is 4.74 Å². The molecule has 1 aromatic rings. The van der Waals surface area contributed by atoms with Gasteiger partial charge in [0.2, 0.25) is 11.1 Å². The molecule has 22 heavy (non-hydrogen) atoms. The Kier molecular flexibility index (Phi) is 3.98. The van der Waals surface area contributed by atoms with Crippen LogP contribution in [0.25, 0.3) is 0 Å². The van der Waals surface area contributed by atoms with E-state index >= 15 is 0 Å². The molecule has 8 nitrogen and oxygen atoms in total. The number of amides is 2. The Hall–Kier alpha value is -1.77. The van der Waals surface area contributed by atoms with Gasteiger partial charge in [-0.15, -0.1) is 5.10 Å². The summed E-state index contributed by atoms with van der Waals surface area (Å²) in [4.78, 5) is 31.4. The molecule has 1 aromatic heterocycles. The lowest BCUT2D eigenvalue weighted by atomic mass is 10.0. The molecule has 0 radical (unpaired) electrons. The van der Waals surface area contributed by atoms with E-state index < -0.39 is 5.60 Å². The molecule has 0 aromatic carbocycles. The van der Waals surface area contributed by atoms with Crippen molar-refractivity contribution in [2.24, 2.45) is 0 Å². The molecule has 2 aliphatic rings. The maximum Gasteiger partial charge on any atom is 0.410 e. The quantitative estimate of drug-likeness (QED) is 0.811. The molecule has 0 saturated carbocycles. The topological polar surface area (TPSA) is 91.4 Å². The molecule has 120 valence electrons. The standard InChI is InChI=1S/C13H19N5O3S/c1-3-9-14-11(16-15-9)22-6-10(19)18-5-4-13(8-18)7-17(2)12(20)21-13/h3-8H2,1-2H3,(H,14,15,16)/t13-/m0/s1. The third kappa shape index (κ3) is 2.90. The molecule has 0 aliphatic carbocycles. The van der Waals surface area contributed by atoms with Gasteiger partial charge in [0.15, 0.2) is 5.60 Å². The van der Waals surface area contributed by atoms with Gasteiger partial charge in [-0.2, -0.15) is 0 Å². The first-order valence-corrected chi connectivity index (χ1v) is 8.26. The Bertz CT molecular complexity index is 592. The van der Waals surface area contributed by atoms with E-state index in [1.165, 1.54) is 11.8 Å². The lowest BCUT2D eigenvalue weighted by Gasteiger charge is -2.21. The molecule has 1 spiro atoms. The van der Waals surface area contributed by atoms with Crippen LogP contribution in [-0.2, 0) is 16.0 Å². The summed E-state index contributed by atoms with van der Waals surface area (Å²) in [5.41, 5.74) is -0.522. The minimum Gasteiger partial charge on any atom is -0.439 e. The highest BCUT2D eigenvalue weighted by Gasteiger charge is 2.49. The molecule has 1 atom stereocenters. The Morgan fingerprint density at radius 2 is 2.32 bits per heavy atom. The molecule has 2 amide bonds. The second kappa shape index (κ2) is 5.79. The van der Waals surface area contributed by atoms with Crippen LogP contribution in [-0.4, -0.2) is 75.0 Å². The van der Waals surface area contributed by atoms with Crippen molar-refractivity contribution in [3.8, 4) is 0 Å². The second-order valence-corrected chi connectivity index (χ2v) is 6.62. The van der Waals surface area contributed by atoms with Crippen LogP contribution in [0.1, 0.15) is 19.2 Å². The summed E-state index contributed by atoms with van der Waals surface area (Å²) in [6.07, 6.45) is 1.17. The minimum absolute atomic E-state index is 0.0234. The van der Waals surface area contributed by atoms with E-state index in [1.807, 2.05) is 6.92 Å². The molecular weight excluding hydrogens is 306 g/mol. The van der Waals surface area contributed by atoms with Crippen molar-refractivity contribution in [3.05, 3.63) is 5.82 Å². The maximum absolute atomic E-state index is 12.3. The molecule has 0 bridgehead atoms. The van der Waals surface area contributed by atoms with Crippen molar-refractivity contribution >= 4 is 23.8 Å². The number of nitrogens with one attached hydrogen (secondary N) is 1. The van der Waals surface area contributed by atoms with Gasteiger partial charge < -0.3 is 14.5 Å². The predicted molar refractivity (Wildman–Crippen MR) is 79.5 cm³/mol. The van der Waals surface area contributed by atoms with Gasteiger partial charge in [0.05, 0.1) is 18.8 Å². The molecule has 3 heterocycles. The van der Waals surface area contributed by atoms with Gasteiger partial charge >= 0.3 is 6.09 Å². The van der Waals surface area contributed by atoms with Crippen molar-refractivity contribution < 1.29 is 14.3 Å². The fraction of sp³-hybridized carbons (Fsp3) is 0.692. The summed E-state index contributed by atoms with van der Waals surface area (Å²) in [5, 5.41) is 7.47. The fourth-order valence-corrected chi connectivity index (χ4v) is 3.50. The molecule has 1 N–H and O–H groups in total. The van der Waals surface area contributed by atoms with Gasteiger partial charge in [0.1, 0.15) is 5.82 Å². The average Bonchev–Trinajstić information content (AvgIpc) is 3.17. The number of rotatable bonds is 4. The number of aromatic nitrogens is 3. The number of thioether (sulfide) groups is 1. The number of likely N-dealkylation sites (N-methyl/N-ethyl adjacent to an activating group) is 1. The van der Waals surface area contributed by atoms with Gasteiger partial charge in [-0.25, -0.2) is 9.78 Å². The van der Waals surface area contributed by atoms with Crippen LogP contribution in [0.2, 0.25) is 0 Å². The van der Waals surface area contributed by atoms with E-state index in [2.05, 4.69) is 15.2 Å². The number of aryl methyl sites for hydroxylation is 1. The number of likely N-dealkylation sites (tertiary alicyclic amines) is 1. The normalized spacial score (nSPS) is 24.4. The summed E-state index contributed by atoms with van der Waals surface area (Å²) < 4.78 is 5.44. The zero-order valence-corrected chi connectivity index (χ0v) is 13.5. The van der Waals surface area contributed by atoms with Crippen LogP contribution < -0.4 is 0 Å². The molecule has 2 aliphatic heterocycles. The van der Waals surface area contributed by atoms with Gasteiger partial charge in [-0.05, 0) is 0 Å². The number of aromatic amines is 1. The van der Waals surface area contributed by atoms with Crippen LogP contribution in [0, 0.1) is 0 Å². The van der Waals surface area contributed by atoms with Crippen LogP contribution in [0.5, 0.6) is 0 Å². The van der Waals surface area contributed by atoms with E-state index in [9.17, 15) is 9.59 Å². The zero-order chi connectivity index (χ0) is 15.7. The first-order valence-electron chi connectivity index (χ1n) is 7.27. The SMILES string of the molecule is CCc1nc(SCC(=O)N2CC[C@]3(CN(C)C(=O)O3)C2)n[nH]1. The van der Waals surface area contributed by atoms with Crippen molar-refractivity contribution in [1.82, 2.24) is 25.0 Å². The predicted octanol–water partition coefficient (Wildman–Crippen LogP) is 0.512. The second-order valence-electron chi connectivity index (χ2n) is 5.68. The van der Waals surface area contributed by atoms with Crippen molar-refractivity contribution in [2.75, 3.05) is 32.4 Å². The van der Waals surface area contributed by atoms with Crippen LogP contribution in [0.3, 0.4) is 0 Å². The van der Waals surface area contributed by atoms with E-state index in [1.54, 1.807) is 16.8 Å². The number of nitrogens with zero attached hydrogens (tertiary/aromatic N) is 4. The van der Waals surface area contributed by atoms with Crippen LogP contribution in [0.15, 0.2) is 5.16 Å². The summed E-state index contributed by atoms with van der Waals surface area (Å²) in [6.45, 7) is 3.62. The van der Waals surface area contributed by atoms with Gasteiger partial charge in [-0.3, -0.25) is 9.89 Å². The first kappa shape index (κ1) is 15.1. The molecule has 2 fully saturated rings. The summed E-state index contributed by atoms with van der Waals surface area (Å²) in [5.74, 6) is 1.13. The number of carbonyl (C=O) groups is 2. The molecular formula is C13H19N5O3S. The molecule has 3 rings (SSSR count). The minimum atomic E-state index is -0.522. The summed E-state index contributed by atoms with van der Waals surface area (Å²) in [6, 6.07) is 0. The number of hydrogen-bond acceptors (Lipinski definition) is 6. The lowest BCUT2D eigenvalue weighted by Crippen LogP contribution is -2.39. The third-order valence-corrected chi connectivity index (χ3v) is 4.81. The van der Waals surface area contributed by atoms with Gasteiger partial charge in [0.25, 0.3) is 0 Å². The van der Waals surface area contributed by atoms with Gasteiger partial charge in [0, 0.05) is 26.4 Å². The largest absolute Gasteiger partial charge is 0.439 e. The first-order chi connectivity index (χ1) is 10.5. The van der Waals surface area contributed by atoms with Crippen molar-refractivity contribution in [3.63, 3.8) is 0 Å². The van der Waals surface area contributed by atoms with Crippen molar-refractivity contribution in [2.45, 2.75) is 30.5 Å². The Morgan fingerprint density at radius 3 is 2.95 bits per heavy atom. The maximum atomic E-state index is 12.3. The van der Waals surface area contributed by atoms with E-state index in [0.29, 0.717) is 37.0 Å². The number of hydrogen-bond donors (Lipinski definition) is 1. The summed E-state index contributed by atoms with van der Waals surface area (Å²) in [7, 11) is 1.71. The Labute approximate surface area is 132 Å². The molecule has 0 unspecified atom stereocenters. The number of carbonyl (C=O) groups excluding carboxylic acids is 2.